The molecule has 0 atom stereocenters. The number of nitrogens with two attached hydrogens (primary N) is 1. The Hall–Kier alpha value is -0.980. The Kier molecular flexibility index (Phi) is 4.94. The summed E-state index contributed by atoms with van der Waals surface area (Å²) in [5.41, 5.74) is 5.77. The average Bonchev–Trinajstić information content (AvgIpc) is 2.24. The largest absolute Gasteiger partial charge is 0.326 e. The van der Waals surface area contributed by atoms with E-state index in [-0.39, 0.29) is 10.4 Å². The molecule has 0 unspecified atom stereocenters. The molecule has 3 N–H and O–H groups in total. The van der Waals surface area contributed by atoms with Crippen molar-refractivity contribution in [2.75, 3.05) is 0 Å². The van der Waals surface area contributed by atoms with E-state index >= 15 is 0 Å². The molecule has 0 saturated heterocycles. The summed E-state index contributed by atoms with van der Waals surface area (Å²) in [6, 6.07) is 3.16. The van der Waals surface area contributed by atoms with Crippen molar-refractivity contribution in [2.45, 2.75) is 58.1 Å². The first-order valence-electron chi connectivity index (χ1n) is 6.64. The van der Waals surface area contributed by atoms with Gasteiger partial charge in [0.25, 0.3) is 10.0 Å². The topological polar surface area (TPSA) is 85.1 Å². The standard InChI is InChI=1S/C14H25N3O2S/c1-13(2,3)10-14(4,5)17-20(18,19)12-7-6-11(8-15)9-16-12/h6-7,9,17H,8,10,15H2,1-5H3. The van der Waals surface area contributed by atoms with E-state index < -0.39 is 15.6 Å². The SMILES string of the molecule is CC(C)(C)CC(C)(C)NS(=O)(=O)c1ccc(CN)cn1. The molecule has 0 saturated carbocycles. The smallest absolute Gasteiger partial charge is 0.258 e. The van der Waals surface area contributed by atoms with Crippen LogP contribution in [0.2, 0.25) is 0 Å². The number of hydrogen-bond donors (Lipinski definition) is 2. The van der Waals surface area contributed by atoms with Crippen molar-refractivity contribution in [3.05, 3.63) is 23.9 Å². The maximum absolute atomic E-state index is 12.3. The second-order valence-electron chi connectivity index (χ2n) is 6.94. The molecule has 0 radical (unpaired) electrons. The Morgan fingerprint density at radius 3 is 2.20 bits per heavy atom. The number of pyridine rings is 1. The van der Waals surface area contributed by atoms with E-state index in [9.17, 15) is 8.42 Å². The van der Waals surface area contributed by atoms with Gasteiger partial charge in [-0.2, -0.15) is 0 Å². The fraction of sp³-hybridized carbons (Fsp3) is 0.643. The second-order valence-corrected chi connectivity index (χ2v) is 8.56. The molecule has 0 aliphatic rings. The summed E-state index contributed by atoms with van der Waals surface area (Å²) in [6.45, 7) is 10.3. The molecule has 0 aromatic carbocycles. The summed E-state index contributed by atoms with van der Waals surface area (Å²) < 4.78 is 27.4. The minimum Gasteiger partial charge on any atom is -0.326 e. The summed E-state index contributed by atoms with van der Waals surface area (Å²) in [5, 5.41) is 0.0247. The van der Waals surface area contributed by atoms with Crippen LogP contribution in [-0.2, 0) is 16.6 Å². The summed E-state index contributed by atoms with van der Waals surface area (Å²) in [4.78, 5) is 3.97. The fourth-order valence-corrected chi connectivity index (χ4v) is 3.81. The number of aromatic nitrogens is 1. The molecule has 0 amide bonds. The van der Waals surface area contributed by atoms with Crippen molar-refractivity contribution in [3.8, 4) is 0 Å². The van der Waals surface area contributed by atoms with Gasteiger partial charge in [-0.25, -0.2) is 18.1 Å². The summed E-state index contributed by atoms with van der Waals surface area (Å²) in [6.07, 6.45) is 2.21. The predicted molar refractivity (Wildman–Crippen MR) is 80.6 cm³/mol. The van der Waals surface area contributed by atoms with Crippen LogP contribution in [0, 0.1) is 5.41 Å². The molecule has 0 aliphatic carbocycles. The van der Waals surface area contributed by atoms with Crippen molar-refractivity contribution in [2.24, 2.45) is 11.1 Å². The average molecular weight is 299 g/mol. The summed E-state index contributed by atoms with van der Waals surface area (Å²) in [7, 11) is -3.62. The molecule has 5 nitrogen and oxygen atoms in total. The van der Waals surface area contributed by atoms with Crippen LogP contribution < -0.4 is 10.5 Å². The zero-order valence-corrected chi connectivity index (χ0v) is 13.7. The highest BCUT2D eigenvalue weighted by molar-refractivity contribution is 7.89. The molecule has 114 valence electrons. The maximum Gasteiger partial charge on any atom is 0.258 e. The van der Waals surface area contributed by atoms with Crippen LogP contribution in [0.15, 0.2) is 23.4 Å². The Balaban J connectivity index is 2.93. The number of rotatable bonds is 5. The molecule has 1 heterocycles. The zero-order valence-electron chi connectivity index (χ0n) is 12.9. The lowest BCUT2D eigenvalue weighted by Crippen LogP contribution is -2.45. The molecule has 0 spiro atoms. The van der Waals surface area contributed by atoms with Gasteiger partial charge >= 0.3 is 0 Å². The van der Waals surface area contributed by atoms with Crippen molar-refractivity contribution < 1.29 is 8.42 Å². The third-order valence-corrected chi connectivity index (χ3v) is 4.31. The van der Waals surface area contributed by atoms with Gasteiger partial charge in [0.05, 0.1) is 0 Å². The van der Waals surface area contributed by atoms with Gasteiger partial charge in [-0.1, -0.05) is 26.8 Å². The molecule has 1 aromatic heterocycles. The van der Waals surface area contributed by atoms with E-state index in [1.165, 1.54) is 12.3 Å². The van der Waals surface area contributed by atoms with Crippen LogP contribution in [0.25, 0.3) is 0 Å². The lowest BCUT2D eigenvalue weighted by molar-refractivity contribution is 0.269. The highest BCUT2D eigenvalue weighted by Gasteiger charge is 2.31. The number of hydrogen-bond acceptors (Lipinski definition) is 4. The third-order valence-electron chi connectivity index (χ3n) is 2.69. The minimum absolute atomic E-state index is 0.0247. The molecule has 1 rings (SSSR count). The first-order valence-corrected chi connectivity index (χ1v) is 8.12. The van der Waals surface area contributed by atoms with Gasteiger partial charge in [-0.05, 0) is 37.3 Å². The molecule has 0 bridgehead atoms. The van der Waals surface area contributed by atoms with Crippen LogP contribution >= 0.6 is 0 Å². The van der Waals surface area contributed by atoms with Crippen LogP contribution in [0.3, 0.4) is 0 Å². The lowest BCUT2D eigenvalue weighted by atomic mass is 9.82. The van der Waals surface area contributed by atoms with Crippen LogP contribution in [-0.4, -0.2) is 18.9 Å². The van der Waals surface area contributed by atoms with Gasteiger partial charge in [0.2, 0.25) is 0 Å². The summed E-state index contributed by atoms with van der Waals surface area (Å²) in [5.74, 6) is 0. The van der Waals surface area contributed by atoms with Gasteiger partial charge < -0.3 is 5.73 Å². The van der Waals surface area contributed by atoms with Crippen molar-refractivity contribution in [1.82, 2.24) is 9.71 Å². The summed E-state index contributed by atoms with van der Waals surface area (Å²) >= 11 is 0. The van der Waals surface area contributed by atoms with Crippen LogP contribution in [0.4, 0.5) is 0 Å². The molecular formula is C14H25N3O2S. The van der Waals surface area contributed by atoms with Gasteiger partial charge in [0.15, 0.2) is 5.03 Å². The highest BCUT2D eigenvalue weighted by atomic mass is 32.2. The maximum atomic E-state index is 12.3. The molecular weight excluding hydrogens is 274 g/mol. The normalized spacial score (nSPS) is 13.5. The van der Waals surface area contributed by atoms with E-state index in [1.807, 2.05) is 13.8 Å². The van der Waals surface area contributed by atoms with Crippen LogP contribution in [0.1, 0.15) is 46.6 Å². The van der Waals surface area contributed by atoms with E-state index in [4.69, 9.17) is 5.73 Å². The predicted octanol–water partition coefficient (Wildman–Crippen LogP) is 2.03. The molecule has 6 heteroatoms. The van der Waals surface area contributed by atoms with Gasteiger partial charge in [0.1, 0.15) is 0 Å². The molecule has 1 aromatic rings. The first-order chi connectivity index (χ1) is 8.95. The van der Waals surface area contributed by atoms with Crippen molar-refractivity contribution >= 4 is 10.0 Å². The lowest BCUT2D eigenvalue weighted by Gasteiger charge is -2.32. The number of nitrogens with one attached hydrogen (secondary N) is 1. The van der Waals surface area contributed by atoms with E-state index in [2.05, 4.69) is 30.5 Å². The Labute approximate surface area is 122 Å². The molecule has 0 fully saturated rings. The second kappa shape index (κ2) is 5.79. The Bertz CT molecular complexity index is 543. The van der Waals surface area contributed by atoms with Crippen molar-refractivity contribution in [1.29, 1.82) is 0 Å². The Morgan fingerprint density at radius 1 is 1.20 bits per heavy atom. The van der Waals surface area contributed by atoms with Gasteiger partial charge in [-0.15, -0.1) is 0 Å². The monoisotopic (exact) mass is 299 g/mol. The third kappa shape index (κ3) is 5.19. The quantitative estimate of drug-likeness (QED) is 0.871. The van der Waals surface area contributed by atoms with Gasteiger partial charge in [-0.3, -0.25) is 0 Å². The van der Waals surface area contributed by atoms with Gasteiger partial charge in [0, 0.05) is 18.3 Å². The van der Waals surface area contributed by atoms with E-state index in [0.29, 0.717) is 6.54 Å². The number of sulfonamides is 1. The first kappa shape index (κ1) is 17.1. The fourth-order valence-electron chi connectivity index (χ4n) is 2.47. The Morgan fingerprint density at radius 2 is 1.80 bits per heavy atom. The van der Waals surface area contributed by atoms with E-state index in [0.717, 1.165) is 12.0 Å². The highest BCUT2D eigenvalue weighted by Crippen LogP contribution is 2.27. The number of nitrogens with zero attached hydrogens (tertiary/aromatic N) is 1. The zero-order chi connectivity index (χ0) is 15.6. The minimum atomic E-state index is -3.62. The molecule has 20 heavy (non-hydrogen) atoms. The molecule has 0 aliphatic heterocycles. The van der Waals surface area contributed by atoms with Crippen LogP contribution in [0.5, 0.6) is 0 Å². The van der Waals surface area contributed by atoms with Crippen molar-refractivity contribution in [3.63, 3.8) is 0 Å². The van der Waals surface area contributed by atoms with E-state index in [1.54, 1.807) is 6.07 Å².